The first-order valence-electron chi connectivity index (χ1n) is 5.08. The van der Waals surface area contributed by atoms with E-state index in [1.807, 2.05) is 0 Å². The smallest absolute Gasteiger partial charge is 0.275 e. The van der Waals surface area contributed by atoms with Crippen LogP contribution in [0.2, 0.25) is 5.02 Å². The molecule has 2 aromatic rings. The minimum atomic E-state index is -0.475. The normalized spacial score (nSPS) is 10.6. The maximum absolute atomic E-state index is 10.9. The van der Waals surface area contributed by atoms with Crippen molar-refractivity contribution < 1.29 is 4.92 Å². The fraction of sp³-hybridized carbons (Fsp3) is 0.200. The molecule has 0 fully saturated rings. The number of nitrogens with zero attached hydrogens (tertiary/aromatic N) is 4. The van der Waals surface area contributed by atoms with Gasteiger partial charge in [-0.05, 0) is 13.0 Å². The first-order chi connectivity index (χ1) is 8.50. The highest BCUT2D eigenvalue weighted by atomic mass is 35.5. The first-order valence-corrected chi connectivity index (χ1v) is 5.46. The number of nitro benzene ring substituents is 1. The van der Waals surface area contributed by atoms with E-state index in [9.17, 15) is 10.1 Å². The van der Waals surface area contributed by atoms with Gasteiger partial charge in [0.25, 0.3) is 5.69 Å². The van der Waals surface area contributed by atoms with Crippen LogP contribution in [0.25, 0.3) is 0 Å². The molecule has 0 aliphatic heterocycles. The van der Waals surface area contributed by atoms with Crippen molar-refractivity contribution >= 4 is 23.1 Å². The molecule has 0 aliphatic carbocycles. The van der Waals surface area contributed by atoms with Crippen molar-refractivity contribution in [1.82, 2.24) is 15.0 Å². The lowest BCUT2D eigenvalue weighted by Gasteiger charge is -2.06. The van der Waals surface area contributed by atoms with Gasteiger partial charge in [-0.1, -0.05) is 22.9 Å². The van der Waals surface area contributed by atoms with E-state index in [1.54, 1.807) is 13.0 Å². The molecule has 0 unspecified atom stereocenters. The summed E-state index contributed by atoms with van der Waals surface area (Å²) < 4.78 is 1.48. The third kappa shape index (κ3) is 2.12. The zero-order valence-corrected chi connectivity index (χ0v) is 10.3. The van der Waals surface area contributed by atoms with Gasteiger partial charge in [-0.25, -0.2) is 4.68 Å². The van der Waals surface area contributed by atoms with Gasteiger partial charge in [-0.3, -0.25) is 10.1 Å². The topological polar surface area (TPSA) is 99.9 Å². The van der Waals surface area contributed by atoms with E-state index in [2.05, 4.69) is 10.3 Å². The average Bonchev–Trinajstić information content (AvgIpc) is 2.63. The Morgan fingerprint density at radius 3 is 2.83 bits per heavy atom. The van der Waals surface area contributed by atoms with Gasteiger partial charge >= 0.3 is 0 Å². The molecule has 0 atom stereocenters. The summed E-state index contributed by atoms with van der Waals surface area (Å²) in [5.74, 6) is 0.296. The molecule has 2 rings (SSSR count). The Hall–Kier alpha value is -2.15. The number of nitro groups is 1. The van der Waals surface area contributed by atoms with Crippen molar-refractivity contribution in [2.75, 3.05) is 5.73 Å². The Kier molecular flexibility index (Phi) is 3.15. The minimum absolute atomic E-state index is 0.0454. The summed E-state index contributed by atoms with van der Waals surface area (Å²) in [6.07, 6.45) is 0. The van der Waals surface area contributed by atoms with Gasteiger partial charge in [0.05, 0.1) is 27.7 Å². The summed E-state index contributed by atoms with van der Waals surface area (Å²) in [6.45, 7) is 1.89. The predicted molar refractivity (Wildman–Crippen MR) is 66.4 cm³/mol. The van der Waals surface area contributed by atoms with Gasteiger partial charge in [0.1, 0.15) is 0 Å². The second kappa shape index (κ2) is 4.61. The Morgan fingerprint density at radius 1 is 1.56 bits per heavy atom. The molecule has 0 radical (unpaired) electrons. The highest BCUT2D eigenvalue weighted by molar-refractivity contribution is 6.31. The number of halogens is 1. The lowest BCUT2D eigenvalue weighted by Crippen LogP contribution is -2.07. The van der Waals surface area contributed by atoms with Crippen molar-refractivity contribution in [3.05, 3.63) is 44.6 Å². The summed E-state index contributed by atoms with van der Waals surface area (Å²) >= 11 is 5.99. The zero-order valence-electron chi connectivity index (χ0n) is 9.50. The SMILES string of the molecule is Cc1c(N)nnn1Cc1c(Cl)cccc1[N+](=O)[O-]. The molecular formula is C10H10ClN5O2. The first kappa shape index (κ1) is 12.3. The van der Waals surface area contributed by atoms with Crippen molar-refractivity contribution in [2.45, 2.75) is 13.5 Å². The lowest BCUT2D eigenvalue weighted by atomic mass is 10.2. The van der Waals surface area contributed by atoms with Crippen LogP contribution in [0.4, 0.5) is 11.5 Å². The van der Waals surface area contributed by atoms with Gasteiger partial charge in [0, 0.05) is 6.07 Å². The number of nitrogen functional groups attached to an aromatic ring is 1. The van der Waals surface area contributed by atoms with E-state index < -0.39 is 4.92 Å². The summed E-state index contributed by atoms with van der Waals surface area (Å²) in [5.41, 5.74) is 6.55. The molecule has 2 N–H and O–H groups in total. The number of anilines is 1. The third-order valence-electron chi connectivity index (χ3n) is 2.62. The van der Waals surface area contributed by atoms with Gasteiger partial charge in [-0.2, -0.15) is 0 Å². The number of nitrogens with two attached hydrogens (primary N) is 1. The van der Waals surface area contributed by atoms with Crippen LogP contribution in [-0.4, -0.2) is 19.9 Å². The van der Waals surface area contributed by atoms with Gasteiger partial charge < -0.3 is 5.73 Å². The molecule has 0 spiro atoms. The Labute approximate surface area is 107 Å². The maximum atomic E-state index is 10.9. The molecule has 7 nitrogen and oxygen atoms in total. The van der Waals surface area contributed by atoms with Crippen LogP contribution in [0, 0.1) is 17.0 Å². The maximum Gasteiger partial charge on any atom is 0.275 e. The van der Waals surface area contributed by atoms with E-state index >= 15 is 0 Å². The molecular weight excluding hydrogens is 258 g/mol. The standard InChI is InChI=1S/C10H10ClN5O2/c1-6-10(12)13-14-15(6)5-7-8(11)3-2-4-9(7)16(17)18/h2-4H,5,12H2,1H3. The van der Waals surface area contributed by atoms with Crippen molar-refractivity contribution in [2.24, 2.45) is 0 Å². The Balaban J connectivity index is 2.46. The van der Waals surface area contributed by atoms with Crippen molar-refractivity contribution in [3.63, 3.8) is 0 Å². The second-order valence-corrected chi connectivity index (χ2v) is 4.12. The Morgan fingerprint density at radius 2 is 2.28 bits per heavy atom. The molecule has 1 aromatic carbocycles. The number of benzene rings is 1. The fourth-order valence-corrected chi connectivity index (χ4v) is 1.78. The van der Waals surface area contributed by atoms with Gasteiger partial charge in [-0.15, -0.1) is 5.10 Å². The molecule has 0 bridgehead atoms. The van der Waals surface area contributed by atoms with Crippen LogP contribution in [-0.2, 0) is 6.54 Å². The fourth-order valence-electron chi connectivity index (χ4n) is 1.55. The van der Waals surface area contributed by atoms with Crippen LogP contribution in [0.1, 0.15) is 11.3 Å². The summed E-state index contributed by atoms with van der Waals surface area (Å²) in [6, 6.07) is 4.53. The molecule has 1 heterocycles. The zero-order chi connectivity index (χ0) is 13.3. The van der Waals surface area contributed by atoms with E-state index in [1.165, 1.54) is 16.8 Å². The highest BCUT2D eigenvalue weighted by Crippen LogP contribution is 2.27. The molecule has 1 aromatic heterocycles. The second-order valence-electron chi connectivity index (χ2n) is 3.71. The highest BCUT2D eigenvalue weighted by Gasteiger charge is 2.18. The molecule has 18 heavy (non-hydrogen) atoms. The minimum Gasteiger partial charge on any atom is -0.381 e. The average molecular weight is 268 g/mol. The van der Waals surface area contributed by atoms with Crippen LogP contribution < -0.4 is 5.73 Å². The molecule has 8 heteroatoms. The van der Waals surface area contributed by atoms with Crippen LogP contribution >= 0.6 is 11.6 Å². The number of aromatic nitrogens is 3. The van der Waals surface area contributed by atoms with Gasteiger partial charge in [0.2, 0.25) is 0 Å². The quantitative estimate of drug-likeness (QED) is 0.675. The molecule has 0 saturated heterocycles. The van der Waals surface area contributed by atoms with Crippen molar-refractivity contribution in [1.29, 1.82) is 0 Å². The molecule has 0 amide bonds. The number of hydrogen-bond acceptors (Lipinski definition) is 5. The van der Waals surface area contributed by atoms with Crippen LogP contribution in [0.5, 0.6) is 0 Å². The number of rotatable bonds is 3. The van der Waals surface area contributed by atoms with E-state index in [-0.39, 0.29) is 12.2 Å². The largest absolute Gasteiger partial charge is 0.381 e. The summed E-state index contributed by atoms with van der Waals surface area (Å²) in [4.78, 5) is 10.5. The van der Waals surface area contributed by atoms with E-state index in [0.717, 1.165) is 0 Å². The van der Waals surface area contributed by atoms with Gasteiger partial charge in [0.15, 0.2) is 5.82 Å². The number of hydrogen-bond donors (Lipinski definition) is 1. The monoisotopic (exact) mass is 267 g/mol. The predicted octanol–water partition coefficient (Wildman–Crippen LogP) is 1.78. The van der Waals surface area contributed by atoms with Crippen LogP contribution in [0.15, 0.2) is 18.2 Å². The molecule has 94 valence electrons. The van der Waals surface area contributed by atoms with E-state index in [0.29, 0.717) is 22.1 Å². The van der Waals surface area contributed by atoms with Crippen LogP contribution in [0.3, 0.4) is 0 Å². The Bertz CT molecular complexity index is 610. The molecule has 0 aliphatic rings. The van der Waals surface area contributed by atoms with Crippen molar-refractivity contribution in [3.8, 4) is 0 Å². The third-order valence-corrected chi connectivity index (χ3v) is 2.97. The summed E-state index contributed by atoms with van der Waals surface area (Å²) in [5, 5.41) is 18.8. The summed E-state index contributed by atoms with van der Waals surface area (Å²) in [7, 11) is 0. The molecule has 0 saturated carbocycles. The van der Waals surface area contributed by atoms with E-state index in [4.69, 9.17) is 17.3 Å². The lowest BCUT2D eigenvalue weighted by molar-refractivity contribution is -0.385.